The Balaban J connectivity index is 1.64. The SMILES string of the molecule is Cc1ccc(CNC(=O)c2nnc(/C(Cl)=C/c3cnn(C)c3)s2)cc1. The fourth-order valence-electron chi connectivity index (χ4n) is 2.10. The maximum absolute atomic E-state index is 12.2. The summed E-state index contributed by atoms with van der Waals surface area (Å²) in [6, 6.07) is 7.98. The number of halogens is 1. The van der Waals surface area contributed by atoms with Gasteiger partial charge in [0.05, 0.1) is 11.2 Å². The van der Waals surface area contributed by atoms with Crippen molar-refractivity contribution in [3.63, 3.8) is 0 Å². The average Bonchev–Trinajstić information content (AvgIpc) is 3.23. The predicted molar refractivity (Wildman–Crippen MR) is 99.2 cm³/mol. The molecule has 0 bridgehead atoms. The molecule has 0 aliphatic heterocycles. The van der Waals surface area contributed by atoms with Crippen molar-refractivity contribution in [2.24, 2.45) is 7.05 Å². The van der Waals surface area contributed by atoms with E-state index in [0.29, 0.717) is 16.6 Å². The van der Waals surface area contributed by atoms with E-state index >= 15 is 0 Å². The van der Waals surface area contributed by atoms with Gasteiger partial charge < -0.3 is 5.32 Å². The van der Waals surface area contributed by atoms with Crippen LogP contribution in [0.25, 0.3) is 11.1 Å². The van der Waals surface area contributed by atoms with E-state index in [9.17, 15) is 4.79 Å². The number of nitrogens with zero attached hydrogens (tertiary/aromatic N) is 4. The summed E-state index contributed by atoms with van der Waals surface area (Å²) in [5.41, 5.74) is 3.06. The number of hydrogen-bond acceptors (Lipinski definition) is 5. The van der Waals surface area contributed by atoms with Gasteiger partial charge in [-0.1, -0.05) is 52.8 Å². The first-order valence-electron chi connectivity index (χ1n) is 7.55. The summed E-state index contributed by atoms with van der Waals surface area (Å²) in [5.74, 6) is -0.268. The molecule has 1 N–H and O–H groups in total. The van der Waals surface area contributed by atoms with Gasteiger partial charge in [0, 0.05) is 25.4 Å². The first kappa shape index (κ1) is 17.3. The molecule has 0 unspecified atom stereocenters. The third-order valence-corrected chi connectivity index (χ3v) is 4.77. The van der Waals surface area contributed by atoms with E-state index < -0.39 is 0 Å². The molecule has 0 fully saturated rings. The van der Waals surface area contributed by atoms with Gasteiger partial charge in [0.15, 0.2) is 5.01 Å². The second-order valence-electron chi connectivity index (χ2n) is 5.52. The van der Waals surface area contributed by atoms with Crippen LogP contribution in [-0.4, -0.2) is 25.9 Å². The quantitative estimate of drug-likeness (QED) is 0.745. The minimum atomic E-state index is -0.268. The Morgan fingerprint density at radius 3 is 2.68 bits per heavy atom. The maximum atomic E-state index is 12.2. The molecular weight excluding hydrogens is 358 g/mol. The average molecular weight is 374 g/mol. The summed E-state index contributed by atoms with van der Waals surface area (Å²) in [6.07, 6.45) is 5.26. The van der Waals surface area contributed by atoms with Crippen molar-refractivity contribution in [2.45, 2.75) is 13.5 Å². The van der Waals surface area contributed by atoms with E-state index in [4.69, 9.17) is 11.6 Å². The first-order chi connectivity index (χ1) is 12.0. The largest absolute Gasteiger partial charge is 0.346 e. The van der Waals surface area contributed by atoms with E-state index in [2.05, 4.69) is 20.6 Å². The normalized spacial score (nSPS) is 11.6. The van der Waals surface area contributed by atoms with Crippen LogP contribution in [0.4, 0.5) is 0 Å². The molecular formula is C17H16ClN5OS. The van der Waals surface area contributed by atoms with Crippen molar-refractivity contribution < 1.29 is 4.79 Å². The number of rotatable bonds is 5. The third kappa shape index (κ3) is 4.52. The van der Waals surface area contributed by atoms with E-state index in [1.54, 1.807) is 17.0 Å². The van der Waals surface area contributed by atoms with Gasteiger partial charge in [-0.3, -0.25) is 9.48 Å². The van der Waals surface area contributed by atoms with E-state index in [1.807, 2.05) is 44.4 Å². The molecule has 0 saturated heterocycles. The molecule has 3 aromatic rings. The molecule has 3 rings (SSSR count). The van der Waals surface area contributed by atoms with Gasteiger partial charge in [0.1, 0.15) is 0 Å². The van der Waals surface area contributed by atoms with Crippen molar-refractivity contribution in [3.8, 4) is 0 Å². The van der Waals surface area contributed by atoms with Crippen LogP contribution < -0.4 is 5.32 Å². The Kier molecular flexibility index (Phi) is 5.25. The van der Waals surface area contributed by atoms with Gasteiger partial charge in [0.25, 0.3) is 5.91 Å². The number of aryl methyl sites for hydroxylation is 2. The van der Waals surface area contributed by atoms with E-state index in [0.717, 1.165) is 22.5 Å². The number of amides is 1. The standard InChI is InChI=1S/C17H16ClN5OS/c1-11-3-5-12(6-4-11)8-19-15(24)17-22-21-16(25-17)14(18)7-13-9-20-23(2)10-13/h3-7,9-10H,8H2,1-2H3,(H,19,24)/b14-7-. The molecule has 25 heavy (non-hydrogen) atoms. The molecule has 0 aliphatic carbocycles. The van der Waals surface area contributed by atoms with Gasteiger partial charge >= 0.3 is 0 Å². The van der Waals surface area contributed by atoms with Crippen LogP contribution in [0.5, 0.6) is 0 Å². The molecule has 1 amide bonds. The third-order valence-electron chi connectivity index (χ3n) is 3.42. The number of nitrogens with one attached hydrogen (secondary N) is 1. The van der Waals surface area contributed by atoms with Crippen molar-refractivity contribution in [3.05, 3.63) is 63.4 Å². The number of carbonyl (C=O) groups is 1. The van der Waals surface area contributed by atoms with Crippen LogP contribution in [0.3, 0.4) is 0 Å². The lowest BCUT2D eigenvalue weighted by Gasteiger charge is -2.03. The summed E-state index contributed by atoms with van der Waals surface area (Å²) in [7, 11) is 1.83. The minimum Gasteiger partial charge on any atom is -0.346 e. The number of carbonyl (C=O) groups excluding carboxylic acids is 1. The van der Waals surface area contributed by atoms with Gasteiger partial charge in [-0.2, -0.15) is 5.10 Å². The highest BCUT2D eigenvalue weighted by atomic mass is 35.5. The smallest absolute Gasteiger partial charge is 0.282 e. The maximum Gasteiger partial charge on any atom is 0.282 e. The van der Waals surface area contributed by atoms with E-state index in [-0.39, 0.29) is 10.9 Å². The Morgan fingerprint density at radius 2 is 2.00 bits per heavy atom. The number of benzene rings is 1. The summed E-state index contributed by atoms with van der Waals surface area (Å²) in [5, 5.41) is 16.0. The Bertz CT molecular complexity index is 913. The summed E-state index contributed by atoms with van der Waals surface area (Å²) >= 11 is 7.41. The lowest BCUT2D eigenvalue weighted by molar-refractivity contribution is 0.0950. The van der Waals surface area contributed by atoms with Gasteiger partial charge in [-0.05, 0) is 18.6 Å². The fourth-order valence-corrected chi connectivity index (χ4v) is 3.05. The highest BCUT2D eigenvalue weighted by molar-refractivity contribution is 7.15. The van der Waals surface area contributed by atoms with Crippen molar-refractivity contribution in [2.75, 3.05) is 0 Å². The Morgan fingerprint density at radius 1 is 1.28 bits per heavy atom. The van der Waals surface area contributed by atoms with Crippen LogP contribution in [0.2, 0.25) is 0 Å². The Labute approximate surface area is 154 Å². The highest BCUT2D eigenvalue weighted by Gasteiger charge is 2.14. The lowest BCUT2D eigenvalue weighted by atomic mass is 10.1. The fraction of sp³-hybridized carbons (Fsp3) is 0.176. The van der Waals surface area contributed by atoms with Gasteiger partial charge in [-0.25, -0.2) is 0 Å². The van der Waals surface area contributed by atoms with Crippen molar-refractivity contribution in [1.82, 2.24) is 25.3 Å². The predicted octanol–water partition coefficient (Wildman–Crippen LogP) is 3.25. The summed E-state index contributed by atoms with van der Waals surface area (Å²) in [6.45, 7) is 2.46. The number of aromatic nitrogens is 4. The minimum absolute atomic E-state index is 0.268. The van der Waals surface area contributed by atoms with E-state index in [1.165, 1.54) is 5.56 Å². The molecule has 0 radical (unpaired) electrons. The topological polar surface area (TPSA) is 72.7 Å². The monoisotopic (exact) mass is 373 g/mol. The second kappa shape index (κ2) is 7.58. The van der Waals surface area contributed by atoms with Crippen molar-refractivity contribution in [1.29, 1.82) is 0 Å². The molecule has 0 saturated carbocycles. The van der Waals surface area contributed by atoms with Crippen LogP contribution in [0.1, 0.15) is 31.5 Å². The summed E-state index contributed by atoms with van der Waals surface area (Å²) in [4.78, 5) is 12.2. The molecule has 128 valence electrons. The van der Waals surface area contributed by atoms with Gasteiger partial charge in [-0.15, -0.1) is 10.2 Å². The number of hydrogen-bond donors (Lipinski definition) is 1. The van der Waals surface area contributed by atoms with Crippen LogP contribution in [-0.2, 0) is 13.6 Å². The molecule has 6 nitrogen and oxygen atoms in total. The summed E-state index contributed by atoms with van der Waals surface area (Å²) < 4.78 is 1.68. The van der Waals surface area contributed by atoms with Crippen LogP contribution in [0.15, 0.2) is 36.7 Å². The molecule has 0 atom stereocenters. The molecule has 0 spiro atoms. The zero-order valence-corrected chi connectivity index (χ0v) is 15.3. The first-order valence-corrected chi connectivity index (χ1v) is 8.74. The zero-order chi connectivity index (χ0) is 17.8. The van der Waals surface area contributed by atoms with Crippen molar-refractivity contribution >= 4 is 40.0 Å². The molecule has 1 aromatic carbocycles. The molecule has 2 aromatic heterocycles. The molecule has 8 heteroatoms. The van der Waals surface area contributed by atoms with Crippen LogP contribution >= 0.6 is 22.9 Å². The lowest BCUT2D eigenvalue weighted by Crippen LogP contribution is -2.22. The van der Waals surface area contributed by atoms with Crippen LogP contribution in [0, 0.1) is 6.92 Å². The Hall–Kier alpha value is -2.51. The molecule has 0 aliphatic rings. The zero-order valence-electron chi connectivity index (χ0n) is 13.7. The molecule has 2 heterocycles. The second-order valence-corrected chi connectivity index (χ2v) is 6.90. The highest BCUT2D eigenvalue weighted by Crippen LogP contribution is 2.25. The van der Waals surface area contributed by atoms with Gasteiger partial charge in [0.2, 0.25) is 5.01 Å².